The first-order valence-corrected chi connectivity index (χ1v) is 8.16. The van der Waals surface area contributed by atoms with Crippen LogP contribution in [0.5, 0.6) is 5.75 Å². The molecule has 110 valence electrons. The molecular weight excluding hydrogens is 460 g/mol. The van der Waals surface area contributed by atoms with Crippen LogP contribution in [0, 0.1) is 0 Å². The molecule has 0 fully saturated rings. The normalized spacial score (nSPS) is 11.8. The van der Waals surface area contributed by atoms with Crippen molar-refractivity contribution in [3.05, 3.63) is 39.8 Å². The number of alkyl halides is 1. The van der Waals surface area contributed by atoms with Crippen molar-refractivity contribution in [3.63, 3.8) is 0 Å². The number of esters is 1. The molecule has 1 atom stereocenters. The highest BCUT2D eigenvalue weighted by atomic mass is 79.9. The van der Waals surface area contributed by atoms with Crippen LogP contribution in [0.2, 0.25) is 0 Å². The maximum Gasteiger partial charge on any atom is 0.330 e. The molecule has 20 heavy (non-hydrogen) atoms. The summed E-state index contributed by atoms with van der Waals surface area (Å²) in [5.41, 5.74) is 0. The maximum atomic E-state index is 10.8. The Kier molecular flexibility index (Phi) is 8.44. The minimum absolute atomic E-state index is 0.118. The molecule has 1 rings (SSSR count). The van der Waals surface area contributed by atoms with Gasteiger partial charge in [0.2, 0.25) is 0 Å². The van der Waals surface area contributed by atoms with Gasteiger partial charge in [0.1, 0.15) is 24.0 Å². The third kappa shape index (κ3) is 6.88. The molecule has 0 bridgehead atoms. The standard InChI is InChI=1S/C13H13Br3O4/c1-2-13(17)20-8-12(16)19-6-5-18-11-4-3-9(14)7-10(11)15/h2-4,7,12H,1,5-6,8H2. The number of hydrogen-bond acceptors (Lipinski definition) is 4. The number of rotatable bonds is 8. The SMILES string of the molecule is C=CC(=O)OCC(Br)OCCOc1ccc(Br)cc1Br. The van der Waals surface area contributed by atoms with Gasteiger partial charge in [0.25, 0.3) is 0 Å². The van der Waals surface area contributed by atoms with Crippen molar-refractivity contribution in [2.45, 2.75) is 5.01 Å². The lowest BCUT2D eigenvalue weighted by Gasteiger charge is -2.12. The molecule has 0 N–H and O–H groups in total. The van der Waals surface area contributed by atoms with Crippen LogP contribution in [-0.2, 0) is 14.3 Å². The van der Waals surface area contributed by atoms with E-state index < -0.39 is 5.97 Å². The van der Waals surface area contributed by atoms with Gasteiger partial charge in [0.05, 0.1) is 11.1 Å². The molecule has 1 aromatic carbocycles. The van der Waals surface area contributed by atoms with E-state index in [2.05, 4.69) is 54.4 Å². The van der Waals surface area contributed by atoms with Gasteiger partial charge < -0.3 is 14.2 Å². The quantitative estimate of drug-likeness (QED) is 0.248. The van der Waals surface area contributed by atoms with Gasteiger partial charge in [-0.05, 0) is 34.1 Å². The Balaban J connectivity index is 2.21. The van der Waals surface area contributed by atoms with Gasteiger partial charge in [0, 0.05) is 10.5 Å². The highest BCUT2D eigenvalue weighted by Crippen LogP contribution is 2.28. The zero-order valence-corrected chi connectivity index (χ0v) is 15.2. The first-order valence-electron chi connectivity index (χ1n) is 5.65. The van der Waals surface area contributed by atoms with E-state index in [-0.39, 0.29) is 11.6 Å². The van der Waals surface area contributed by atoms with Crippen molar-refractivity contribution in [1.29, 1.82) is 0 Å². The van der Waals surface area contributed by atoms with E-state index in [1.54, 1.807) is 0 Å². The van der Waals surface area contributed by atoms with E-state index in [0.29, 0.717) is 13.2 Å². The third-order valence-electron chi connectivity index (χ3n) is 2.06. The van der Waals surface area contributed by atoms with Gasteiger partial charge in [-0.25, -0.2) is 4.79 Å². The van der Waals surface area contributed by atoms with Gasteiger partial charge >= 0.3 is 5.97 Å². The van der Waals surface area contributed by atoms with Crippen LogP contribution in [0.1, 0.15) is 0 Å². The molecule has 7 heteroatoms. The van der Waals surface area contributed by atoms with E-state index >= 15 is 0 Å². The van der Waals surface area contributed by atoms with Crippen LogP contribution >= 0.6 is 47.8 Å². The molecule has 0 aliphatic carbocycles. The highest BCUT2D eigenvalue weighted by molar-refractivity contribution is 9.11. The van der Waals surface area contributed by atoms with Gasteiger partial charge in [0.15, 0.2) is 0 Å². The number of benzene rings is 1. The Labute approximate surface area is 142 Å². The largest absolute Gasteiger partial charge is 0.490 e. The number of ether oxygens (including phenoxy) is 3. The average molecular weight is 473 g/mol. The topological polar surface area (TPSA) is 44.8 Å². The van der Waals surface area contributed by atoms with Crippen molar-refractivity contribution in [1.82, 2.24) is 0 Å². The van der Waals surface area contributed by atoms with Crippen molar-refractivity contribution in [2.75, 3.05) is 19.8 Å². The zero-order valence-electron chi connectivity index (χ0n) is 10.5. The van der Waals surface area contributed by atoms with Crippen molar-refractivity contribution < 1.29 is 19.0 Å². The second kappa shape index (κ2) is 9.55. The van der Waals surface area contributed by atoms with E-state index in [4.69, 9.17) is 14.2 Å². The van der Waals surface area contributed by atoms with Crippen molar-refractivity contribution >= 4 is 53.8 Å². The molecule has 1 aromatic rings. The molecule has 0 saturated heterocycles. The lowest BCUT2D eigenvalue weighted by molar-refractivity contribution is -0.139. The molecule has 0 radical (unpaired) electrons. The van der Waals surface area contributed by atoms with Crippen LogP contribution in [0.4, 0.5) is 0 Å². The Morgan fingerprint density at radius 2 is 2.10 bits per heavy atom. The second-order valence-electron chi connectivity index (χ2n) is 3.54. The van der Waals surface area contributed by atoms with Gasteiger partial charge in [-0.1, -0.05) is 38.4 Å². The molecule has 1 unspecified atom stereocenters. The minimum atomic E-state index is -0.479. The lowest BCUT2D eigenvalue weighted by atomic mass is 10.3. The van der Waals surface area contributed by atoms with E-state index in [0.717, 1.165) is 20.8 Å². The van der Waals surface area contributed by atoms with E-state index in [9.17, 15) is 4.79 Å². The fraction of sp³-hybridized carbons (Fsp3) is 0.308. The van der Waals surface area contributed by atoms with E-state index in [1.165, 1.54) is 0 Å². The Morgan fingerprint density at radius 3 is 2.75 bits per heavy atom. The highest BCUT2D eigenvalue weighted by Gasteiger charge is 2.07. The van der Waals surface area contributed by atoms with Crippen LogP contribution in [-0.4, -0.2) is 30.8 Å². The van der Waals surface area contributed by atoms with Crippen molar-refractivity contribution in [2.24, 2.45) is 0 Å². The average Bonchev–Trinajstić information content (AvgIpc) is 2.42. The molecular formula is C13H13Br3O4. The molecule has 0 aliphatic rings. The van der Waals surface area contributed by atoms with Crippen LogP contribution < -0.4 is 4.74 Å². The summed E-state index contributed by atoms with van der Waals surface area (Å²) < 4.78 is 17.6. The van der Waals surface area contributed by atoms with Crippen LogP contribution in [0.25, 0.3) is 0 Å². The molecule has 0 aromatic heterocycles. The fourth-order valence-corrected chi connectivity index (χ4v) is 2.66. The van der Waals surface area contributed by atoms with Crippen LogP contribution in [0.15, 0.2) is 39.8 Å². The molecule has 0 spiro atoms. The Morgan fingerprint density at radius 1 is 1.35 bits per heavy atom. The summed E-state index contributed by atoms with van der Waals surface area (Å²) in [6.45, 7) is 4.17. The number of halogens is 3. The molecule has 0 saturated carbocycles. The first kappa shape index (κ1) is 17.7. The summed E-state index contributed by atoms with van der Waals surface area (Å²) in [4.78, 5) is 10.8. The molecule has 0 heterocycles. The summed E-state index contributed by atoms with van der Waals surface area (Å²) in [7, 11) is 0. The minimum Gasteiger partial charge on any atom is -0.490 e. The molecule has 0 aliphatic heterocycles. The Bertz CT molecular complexity index is 465. The summed E-state index contributed by atoms with van der Waals surface area (Å²) in [6, 6.07) is 5.65. The summed E-state index contributed by atoms with van der Waals surface area (Å²) >= 11 is 10.0. The van der Waals surface area contributed by atoms with Gasteiger partial charge in [-0.3, -0.25) is 0 Å². The summed E-state index contributed by atoms with van der Waals surface area (Å²) in [5.74, 6) is 0.258. The first-order chi connectivity index (χ1) is 9.52. The third-order valence-corrected chi connectivity index (χ3v) is 3.70. The monoisotopic (exact) mass is 470 g/mol. The number of hydrogen-bond donors (Lipinski definition) is 0. The zero-order chi connectivity index (χ0) is 15.0. The maximum absolute atomic E-state index is 10.8. The summed E-state index contributed by atoms with van der Waals surface area (Å²) in [5, 5.41) is -0.372. The molecule has 0 amide bonds. The predicted octanol–water partition coefficient (Wildman–Crippen LogP) is 4.06. The lowest BCUT2D eigenvalue weighted by Crippen LogP contribution is -2.18. The Hall–Kier alpha value is -0.370. The van der Waals surface area contributed by atoms with E-state index in [1.807, 2.05) is 18.2 Å². The molecule has 4 nitrogen and oxygen atoms in total. The number of carbonyl (C=O) groups is 1. The van der Waals surface area contributed by atoms with Crippen LogP contribution in [0.3, 0.4) is 0 Å². The van der Waals surface area contributed by atoms with Gasteiger partial charge in [-0.2, -0.15) is 0 Å². The second-order valence-corrected chi connectivity index (χ2v) is 6.33. The summed E-state index contributed by atoms with van der Waals surface area (Å²) in [6.07, 6.45) is 1.11. The van der Waals surface area contributed by atoms with Crippen molar-refractivity contribution in [3.8, 4) is 5.75 Å². The smallest absolute Gasteiger partial charge is 0.330 e. The number of carbonyl (C=O) groups excluding carboxylic acids is 1. The van der Waals surface area contributed by atoms with Gasteiger partial charge in [-0.15, -0.1) is 0 Å². The predicted molar refractivity (Wildman–Crippen MR) is 87.2 cm³/mol. The fourth-order valence-electron chi connectivity index (χ4n) is 1.17.